The predicted octanol–water partition coefficient (Wildman–Crippen LogP) is 9.35. The summed E-state index contributed by atoms with van der Waals surface area (Å²) in [6, 6.07) is 14.3. The molecule has 1 nitrogen and oxygen atoms in total. The molecule has 186 valence electrons. The van der Waals surface area contributed by atoms with Crippen LogP contribution in [0, 0.1) is 18.8 Å². The lowest BCUT2D eigenvalue weighted by Gasteiger charge is -2.26. The Morgan fingerprint density at radius 2 is 1.46 bits per heavy atom. The summed E-state index contributed by atoms with van der Waals surface area (Å²) in [5.74, 6) is 3.12. The zero-order valence-corrected chi connectivity index (χ0v) is 23.0. The Hall–Kier alpha value is -2.15. The zero-order valence-electron chi connectivity index (χ0n) is 24.0. The maximum atomic E-state index is 8.91. The quantitative estimate of drug-likeness (QED) is 0.317. The van der Waals surface area contributed by atoms with Gasteiger partial charge < -0.3 is 0 Å². The van der Waals surface area contributed by atoms with Crippen molar-refractivity contribution in [3.05, 3.63) is 64.8 Å². The summed E-state index contributed by atoms with van der Waals surface area (Å²) in [4.78, 5) is 0. The molecular formula is C34H46N+. The summed E-state index contributed by atoms with van der Waals surface area (Å²) >= 11 is 0. The van der Waals surface area contributed by atoms with Gasteiger partial charge in [0.1, 0.15) is 8.42 Å². The van der Waals surface area contributed by atoms with E-state index in [1.807, 2.05) is 0 Å². The lowest BCUT2D eigenvalue weighted by molar-refractivity contribution is -0.659. The lowest BCUT2D eigenvalue weighted by Crippen LogP contribution is -2.31. The normalized spacial score (nSPS) is 18.0. The Kier molecular flexibility index (Phi) is 6.70. The van der Waals surface area contributed by atoms with E-state index in [2.05, 4.69) is 82.6 Å². The number of hydrogen-bond donors (Lipinski definition) is 0. The molecule has 1 heteroatoms. The summed E-state index contributed by atoms with van der Waals surface area (Å²) in [6.45, 7) is 11.7. The minimum absolute atomic E-state index is 0.530. The molecule has 2 aromatic carbocycles. The van der Waals surface area contributed by atoms with E-state index in [1.165, 1.54) is 84.5 Å². The number of rotatable bonds is 6. The summed E-state index contributed by atoms with van der Waals surface area (Å²) in [6.07, 6.45) is 11.4. The molecule has 2 saturated carbocycles. The molecule has 1 heterocycles. The van der Waals surface area contributed by atoms with Gasteiger partial charge >= 0.3 is 0 Å². The van der Waals surface area contributed by atoms with Crippen LogP contribution in [0.25, 0.3) is 22.0 Å². The minimum atomic E-state index is 0.530. The molecule has 0 unspecified atom stereocenters. The molecule has 0 bridgehead atoms. The highest BCUT2D eigenvalue weighted by Crippen LogP contribution is 2.44. The fourth-order valence-corrected chi connectivity index (χ4v) is 7.56. The van der Waals surface area contributed by atoms with Crippen LogP contribution in [0.5, 0.6) is 0 Å². The van der Waals surface area contributed by atoms with Crippen LogP contribution in [0.15, 0.2) is 42.6 Å². The Bertz CT molecular complexity index is 1230. The Balaban J connectivity index is 1.73. The lowest BCUT2D eigenvalue weighted by atomic mass is 9.79. The van der Waals surface area contributed by atoms with Gasteiger partial charge in [0, 0.05) is 6.07 Å². The second-order valence-electron chi connectivity index (χ2n) is 12.3. The van der Waals surface area contributed by atoms with Gasteiger partial charge in [-0.25, -0.2) is 4.57 Å². The first kappa shape index (κ1) is 23.3. The van der Waals surface area contributed by atoms with Crippen molar-refractivity contribution in [3.63, 3.8) is 0 Å². The molecule has 3 aromatic rings. The molecule has 1 aromatic heterocycles. The van der Waals surface area contributed by atoms with E-state index in [9.17, 15) is 0 Å². The van der Waals surface area contributed by atoms with Crippen molar-refractivity contribution in [2.75, 3.05) is 0 Å². The highest BCUT2D eigenvalue weighted by Gasteiger charge is 2.28. The average molecular weight is 470 g/mol. The number of nitrogens with zero attached hydrogens (tertiary/aromatic N) is 1. The van der Waals surface area contributed by atoms with Crippen LogP contribution >= 0.6 is 0 Å². The Labute approximate surface area is 215 Å². The standard InChI is InChI=1S/C34H46N/c1-22(2)33(23(3)4)28-15-16-30-27(19-28)17-18-35(6)34(30)32-21-29(25-11-7-8-12-25)20-31(24(32)5)26-13-9-10-14-26/h15-23,25-26,33H,7-14H2,1-6H3/q+1/i18D. The van der Waals surface area contributed by atoms with Crippen molar-refractivity contribution >= 4 is 10.8 Å². The number of aromatic nitrogens is 1. The molecule has 2 fully saturated rings. The fourth-order valence-electron chi connectivity index (χ4n) is 7.56. The molecule has 2 aliphatic carbocycles. The van der Waals surface area contributed by atoms with Crippen LogP contribution in [0.3, 0.4) is 0 Å². The van der Waals surface area contributed by atoms with Gasteiger partial charge in [0.25, 0.3) is 0 Å². The first-order chi connectivity index (χ1) is 17.3. The van der Waals surface area contributed by atoms with Crippen LogP contribution in [0.1, 0.15) is 120 Å². The third-order valence-corrected chi connectivity index (χ3v) is 9.25. The van der Waals surface area contributed by atoms with E-state index < -0.39 is 0 Å². The highest BCUT2D eigenvalue weighted by molar-refractivity contribution is 5.94. The molecule has 0 spiro atoms. The van der Waals surface area contributed by atoms with Gasteiger partial charge in [-0.15, -0.1) is 0 Å². The maximum Gasteiger partial charge on any atom is 0.220 e. The fraction of sp³-hybridized carbons (Fsp3) is 0.559. The highest BCUT2D eigenvalue weighted by atomic mass is 14.9. The van der Waals surface area contributed by atoms with Crippen LogP contribution in [-0.2, 0) is 7.05 Å². The van der Waals surface area contributed by atoms with Gasteiger partial charge in [0.2, 0.25) is 5.69 Å². The van der Waals surface area contributed by atoms with Crippen molar-refractivity contribution in [2.24, 2.45) is 18.9 Å². The van der Waals surface area contributed by atoms with Crippen molar-refractivity contribution in [3.8, 4) is 11.3 Å². The van der Waals surface area contributed by atoms with Gasteiger partial charge in [0.15, 0.2) is 6.17 Å². The molecule has 0 atom stereocenters. The van der Waals surface area contributed by atoms with Crippen molar-refractivity contribution in [2.45, 2.75) is 104 Å². The second kappa shape index (κ2) is 10.1. The predicted molar refractivity (Wildman–Crippen MR) is 150 cm³/mol. The summed E-state index contributed by atoms with van der Waals surface area (Å²) < 4.78 is 11.0. The third kappa shape index (κ3) is 4.68. The van der Waals surface area contributed by atoms with Crippen molar-refractivity contribution in [1.82, 2.24) is 0 Å². The largest absolute Gasteiger partial charge is 0.220 e. The van der Waals surface area contributed by atoms with Crippen LogP contribution in [-0.4, -0.2) is 0 Å². The number of benzene rings is 2. The topological polar surface area (TPSA) is 3.88 Å². The molecule has 0 aliphatic heterocycles. The van der Waals surface area contributed by atoms with Gasteiger partial charge in [-0.3, -0.25) is 0 Å². The molecule has 5 rings (SSSR count). The molecule has 35 heavy (non-hydrogen) atoms. The smallest absolute Gasteiger partial charge is 0.200 e. The molecule has 0 saturated heterocycles. The van der Waals surface area contributed by atoms with Crippen molar-refractivity contribution in [1.29, 1.82) is 0 Å². The zero-order chi connectivity index (χ0) is 25.6. The SMILES string of the molecule is [2H]c1cc2cc(C(C(C)C)C(C)C)ccc2c(-c2cc(C3CCCC3)cc(C3CCCC3)c2C)[n+]1C. The molecule has 0 N–H and O–H groups in total. The van der Waals surface area contributed by atoms with E-state index in [0.717, 1.165) is 0 Å². The Morgan fingerprint density at radius 1 is 0.829 bits per heavy atom. The van der Waals surface area contributed by atoms with E-state index >= 15 is 0 Å². The first-order valence-electron chi connectivity index (χ1n) is 14.8. The van der Waals surface area contributed by atoms with Gasteiger partial charge in [-0.2, -0.15) is 0 Å². The van der Waals surface area contributed by atoms with E-state index in [-0.39, 0.29) is 0 Å². The maximum absolute atomic E-state index is 8.91. The summed E-state index contributed by atoms with van der Waals surface area (Å²) in [7, 11) is 2.09. The van der Waals surface area contributed by atoms with Gasteiger partial charge in [-0.05, 0) is 102 Å². The number of hydrogen-bond acceptors (Lipinski definition) is 0. The first-order valence-corrected chi connectivity index (χ1v) is 14.3. The van der Waals surface area contributed by atoms with Gasteiger partial charge in [0.05, 0.1) is 10.9 Å². The van der Waals surface area contributed by atoms with Crippen molar-refractivity contribution < 1.29 is 5.94 Å². The molecule has 0 amide bonds. The summed E-state index contributed by atoms with van der Waals surface area (Å²) in [5.41, 5.74) is 8.58. The molecular weight excluding hydrogens is 422 g/mol. The van der Waals surface area contributed by atoms with Crippen LogP contribution in [0.4, 0.5) is 0 Å². The monoisotopic (exact) mass is 469 g/mol. The average Bonchev–Trinajstić information content (AvgIpc) is 3.55. The minimum Gasteiger partial charge on any atom is -0.200 e. The van der Waals surface area contributed by atoms with E-state index in [4.69, 9.17) is 1.37 Å². The Morgan fingerprint density at radius 3 is 2.09 bits per heavy atom. The van der Waals surface area contributed by atoms with Gasteiger partial charge in [-0.1, -0.05) is 71.6 Å². The van der Waals surface area contributed by atoms with E-state index in [0.29, 0.717) is 35.8 Å². The third-order valence-electron chi connectivity index (χ3n) is 9.25. The second-order valence-corrected chi connectivity index (χ2v) is 12.3. The molecule has 0 radical (unpaired) electrons. The number of fused-ring (bicyclic) bond motifs is 1. The summed E-state index contributed by atoms with van der Waals surface area (Å²) in [5, 5.41) is 2.50. The van der Waals surface area contributed by atoms with Crippen LogP contribution in [0.2, 0.25) is 0 Å². The number of pyridine rings is 1. The van der Waals surface area contributed by atoms with E-state index in [1.54, 1.807) is 11.1 Å². The van der Waals surface area contributed by atoms with Crippen LogP contribution < -0.4 is 4.57 Å². The molecule has 2 aliphatic rings.